The summed E-state index contributed by atoms with van der Waals surface area (Å²) >= 11 is 0.105. The summed E-state index contributed by atoms with van der Waals surface area (Å²) in [5.74, 6) is 0.143. The van der Waals surface area contributed by atoms with Crippen LogP contribution in [0, 0.1) is 0 Å². The van der Waals surface area contributed by atoms with Crippen molar-refractivity contribution in [2.24, 2.45) is 0 Å². The molecule has 0 amide bonds. The van der Waals surface area contributed by atoms with Crippen LogP contribution >= 0.6 is 11.8 Å². The van der Waals surface area contributed by atoms with Gasteiger partial charge in [0.25, 0.3) is 0 Å². The second-order valence-electron chi connectivity index (χ2n) is 5.82. The first-order valence-corrected chi connectivity index (χ1v) is 8.09. The van der Waals surface area contributed by atoms with Gasteiger partial charge in [-0.05, 0) is 44.5 Å². The zero-order valence-corrected chi connectivity index (χ0v) is 12.2. The molecular formula is C13H23F3N2S. The number of halogens is 3. The molecule has 2 rings (SSSR count). The molecule has 1 spiro atoms. The lowest BCUT2D eigenvalue weighted by atomic mass is 9.97. The van der Waals surface area contributed by atoms with E-state index in [1.165, 1.54) is 25.7 Å². The number of hydrogen-bond acceptors (Lipinski definition) is 3. The third-order valence-electron chi connectivity index (χ3n) is 4.40. The second kappa shape index (κ2) is 6.22. The fraction of sp³-hybridized carbons (Fsp3) is 1.00. The smallest absolute Gasteiger partial charge is 0.310 e. The van der Waals surface area contributed by atoms with Gasteiger partial charge in [-0.25, -0.2) is 0 Å². The molecule has 0 aromatic heterocycles. The van der Waals surface area contributed by atoms with Crippen LogP contribution in [0.15, 0.2) is 0 Å². The Morgan fingerprint density at radius 2 is 2.00 bits per heavy atom. The van der Waals surface area contributed by atoms with E-state index >= 15 is 0 Å². The van der Waals surface area contributed by atoms with Crippen molar-refractivity contribution in [2.75, 3.05) is 25.4 Å². The Kier molecular flexibility index (Phi) is 5.06. The maximum absolute atomic E-state index is 12.2. The van der Waals surface area contributed by atoms with Crippen LogP contribution in [0.25, 0.3) is 0 Å². The van der Waals surface area contributed by atoms with Gasteiger partial charge in [0.2, 0.25) is 0 Å². The highest BCUT2D eigenvalue weighted by atomic mass is 32.2. The molecule has 1 aliphatic carbocycles. The highest BCUT2D eigenvalue weighted by molar-refractivity contribution is 8.00. The lowest BCUT2D eigenvalue weighted by Gasteiger charge is -2.35. The molecule has 0 aromatic carbocycles. The molecule has 112 valence electrons. The summed E-state index contributed by atoms with van der Waals surface area (Å²) in [6, 6.07) is 0.376. The predicted octanol–water partition coefficient (Wildman–Crippen LogP) is 3.24. The van der Waals surface area contributed by atoms with E-state index in [-0.39, 0.29) is 23.1 Å². The van der Waals surface area contributed by atoms with Gasteiger partial charge in [0, 0.05) is 30.4 Å². The first kappa shape index (κ1) is 15.4. The van der Waals surface area contributed by atoms with Gasteiger partial charge in [-0.1, -0.05) is 12.8 Å². The van der Waals surface area contributed by atoms with E-state index in [1.807, 2.05) is 0 Å². The Hall–Kier alpha value is 0.0600. The van der Waals surface area contributed by atoms with Crippen molar-refractivity contribution in [3.8, 4) is 0 Å². The zero-order valence-electron chi connectivity index (χ0n) is 11.4. The molecule has 0 aromatic rings. The van der Waals surface area contributed by atoms with Gasteiger partial charge in [0.05, 0.1) is 0 Å². The van der Waals surface area contributed by atoms with Gasteiger partial charge in [-0.3, -0.25) is 4.90 Å². The first-order chi connectivity index (χ1) is 8.90. The molecule has 1 saturated carbocycles. The third kappa shape index (κ3) is 4.53. The summed E-state index contributed by atoms with van der Waals surface area (Å²) in [6.07, 6.45) is 5.85. The summed E-state index contributed by atoms with van der Waals surface area (Å²) in [4.78, 5) is 2.25. The molecule has 1 aliphatic heterocycles. The molecule has 19 heavy (non-hydrogen) atoms. The predicted molar refractivity (Wildman–Crippen MR) is 73.4 cm³/mol. The van der Waals surface area contributed by atoms with Gasteiger partial charge >= 0.3 is 5.51 Å². The summed E-state index contributed by atoms with van der Waals surface area (Å²) in [5.41, 5.74) is -3.92. The monoisotopic (exact) mass is 296 g/mol. The largest absolute Gasteiger partial charge is 0.441 e. The minimum atomic E-state index is -4.10. The highest BCUT2D eigenvalue weighted by Gasteiger charge is 2.38. The minimum absolute atomic E-state index is 0.105. The number of rotatable bonds is 3. The Labute approximate surface area is 117 Å². The summed E-state index contributed by atoms with van der Waals surface area (Å²) in [5, 5.41) is 3.65. The van der Waals surface area contributed by atoms with E-state index < -0.39 is 5.51 Å². The number of nitrogens with zero attached hydrogens (tertiary/aromatic N) is 1. The lowest BCUT2D eigenvalue weighted by molar-refractivity contribution is -0.0329. The van der Waals surface area contributed by atoms with Crippen LogP contribution in [-0.4, -0.2) is 47.4 Å². The minimum Gasteiger partial charge on any atom is -0.310 e. The van der Waals surface area contributed by atoms with Gasteiger partial charge < -0.3 is 5.32 Å². The molecule has 1 N–H and O–H groups in total. The van der Waals surface area contributed by atoms with Crippen LogP contribution in [0.3, 0.4) is 0 Å². The quantitative estimate of drug-likeness (QED) is 0.861. The molecule has 2 nitrogen and oxygen atoms in total. The van der Waals surface area contributed by atoms with Crippen molar-refractivity contribution in [1.82, 2.24) is 10.2 Å². The molecular weight excluding hydrogens is 273 g/mol. The second-order valence-corrected chi connectivity index (χ2v) is 6.98. The number of thioether (sulfide) groups is 1. The van der Waals surface area contributed by atoms with Crippen LogP contribution < -0.4 is 5.32 Å². The highest BCUT2D eigenvalue weighted by Crippen LogP contribution is 2.34. The molecule has 0 radical (unpaired) electrons. The van der Waals surface area contributed by atoms with Crippen LogP contribution in [0.5, 0.6) is 0 Å². The van der Waals surface area contributed by atoms with E-state index in [0.29, 0.717) is 12.6 Å². The Morgan fingerprint density at radius 3 is 2.63 bits per heavy atom. The normalized spacial score (nSPS) is 28.7. The molecule has 2 aliphatic rings. The van der Waals surface area contributed by atoms with Crippen molar-refractivity contribution in [2.45, 2.75) is 56.1 Å². The van der Waals surface area contributed by atoms with Crippen LogP contribution in [-0.2, 0) is 0 Å². The average molecular weight is 296 g/mol. The van der Waals surface area contributed by atoms with E-state index in [9.17, 15) is 13.2 Å². The van der Waals surface area contributed by atoms with E-state index in [4.69, 9.17) is 0 Å². The number of hydrogen-bond donors (Lipinski definition) is 1. The van der Waals surface area contributed by atoms with Gasteiger partial charge in [-0.2, -0.15) is 13.2 Å². The van der Waals surface area contributed by atoms with Crippen molar-refractivity contribution < 1.29 is 13.2 Å². The SMILES string of the molecule is CC1CCNC2(CCCC2)CN1CCSC(F)(F)F. The molecule has 2 fully saturated rings. The standard InChI is InChI=1S/C13H23F3N2S/c1-11-4-7-17-12(5-2-3-6-12)10-18(11)8-9-19-13(14,15)16/h11,17H,2-10H2,1H3. The summed E-state index contributed by atoms with van der Waals surface area (Å²) in [7, 11) is 0. The first-order valence-electron chi connectivity index (χ1n) is 7.10. The molecule has 1 unspecified atom stereocenters. The number of alkyl halides is 3. The van der Waals surface area contributed by atoms with Crippen molar-refractivity contribution in [3.05, 3.63) is 0 Å². The van der Waals surface area contributed by atoms with Crippen LogP contribution in [0.2, 0.25) is 0 Å². The topological polar surface area (TPSA) is 15.3 Å². The Morgan fingerprint density at radius 1 is 1.32 bits per heavy atom. The fourth-order valence-electron chi connectivity index (χ4n) is 3.29. The van der Waals surface area contributed by atoms with Gasteiger partial charge in [-0.15, -0.1) is 0 Å². The van der Waals surface area contributed by atoms with Crippen LogP contribution in [0.1, 0.15) is 39.0 Å². The van der Waals surface area contributed by atoms with E-state index in [0.717, 1.165) is 19.5 Å². The molecule has 1 atom stereocenters. The fourth-order valence-corrected chi connectivity index (χ4v) is 3.85. The Bertz CT molecular complexity index is 290. The Balaban J connectivity index is 1.89. The van der Waals surface area contributed by atoms with E-state index in [2.05, 4.69) is 17.1 Å². The summed E-state index contributed by atoms with van der Waals surface area (Å²) in [6.45, 7) is 4.57. The van der Waals surface area contributed by atoms with Crippen molar-refractivity contribution in [3.63, 3.8) is 0 Å². The maximum Gasteiger partial charge on any atom is 0.441 e. The molecule has 6 heteroatoms. The third-order valence-corrected chi connectivity index (χ3v) is 5.11. The average Bonchev–Trinajstić information content (AvgIpc) is 2.68. The molecule has 1 saturated heterocycles. The molecule has 0 bridgehead atoms. The van der Waals surface area contributed by atoms with Gasteiger partial charge in [0.15, 0.2) is 0 Å². The van der Waals surface area contributed by atoms with E-state index in [1.54, 1.807) is 0 Å². The van der Waals surface area contributed by atoms with Gasteiger partial charge in [0.1, 0.15) is 0 Å². The lowest BCUT2D eigenvalue weighted by Crippen LogP contribution is -2.50. The van der Waals surface area contributed by atoms with Crippen molar-refractivity contribution >= 4 is 11.8 Å². The maximum atomic E-state index is 12.2. The summed E-state index contributed by atoms with van der Waals surface area (Å²) < 4.78 is 36.6. The molecule has 1 heterocycles. The number of nitrogens with one attached hydrogen (secondary N) is 1. The zero-order chi connectivity index (χ0) is 13.9. The van der Waals surface area contributed by atoms with Crippen LogP contribution in [0.4, 0.5) is 13.2 Å². The van der Waals surface area contributed by atoms with Crippen molar-refractivity contribution in [1.29, 1.82) is 0 Å².